The second-order valence-electron chi connectivity index (χ2n) is 9.37. The number of nitrogens with zero attached hydrogens (tertiary/aromatic N) is 3. The van der Waals surface area contributed by atoms with Crippen LogP contribution in [-0.4, -0.2) is 45.7 Å². The minimum Gasteiger partial charge on any atom is -0.330 e. The number of thiophene rings is 1. The van der Waals surface area contributed by atoms with Crippen molar-refractivity contribution in [3.63, 3.8) is 0 Å². The summed E-state index contributed by atoms with van der Waals surface area (Å²) in [6.45, 7) is 4.24. The van der Waals surface area contributed by atoms with E-state index in [4.69, 9.17) is 0 Å². The molecule has 1 aliphatic heterocycles. The van der Waals surface area contributed by atoms with Crippen LogP contribution >= 0.6 is 11.3 Å². The molecule has 0 radical (unpaired) electrons. The molecule has 2 aromatic carbocycles. The van der Waals surface area contributed by atoms with Crippen LogP contribution in [0.4, 0.5) is 5.69 Å². The summed E-state index contributed by atoms with van der Waals surface area (Å²) in [5.74, 6) is -0.432. The molecule has 7 nitrogen and oxygen atoms in total. The quantitative estimate of drug-likeness (QED) is 0.358. The van der Waals surface area contributed by atoms with Crippen LogP contribution < -0.4 is 0 Å². The monoisotopic (exact) mass is 489 g/mol. The van der Waals surface area contributed by atoms with Gasteiger partial charge in [-0.2, -0.15) is 0 Å². The largest absolute Gasteiger partial charge is 0.330 e. The summed E-state index contributed by atoms with van der Waals surface area (Å²) in [4.78, 5) is 42.8. The van der Waals surface area contributed by atoms with E-state index in [9.17, 15) is 19.7 Å². The van der Waals surface area contributed by atoms with Crippen molar-refractivity contribution in [1.82, 2.24) is 9.80 Å². The van der Waals surface area contributed by atoms with Crippen LogP contribution in [0.5, 0.6) is 0 Å². The molecule has 0 bridgehead atoms. The average Bonchev–Trinajstić information content (AvgIpc) is 3.57. The van der Waals surface area contributed by atoms with Gasteiger partial charge in [0, 0.05) is 34.7 Å². The topological polar surface area (TPSA) is 83.8 Å². The second kappa shape index (κ2) is 9.26. The number of amides is 2. The van der Waals surface area contributed by atoms with Crippen molar-refractivity contribution < 1.29 is 14.5 Å². The van der Waals surface area contributed by atoms with E-state index in [0.717, 1.165) is 36.0 Å². The highest BCUT2D eigenvalue weighted by molar-refractivity contribution is 7.10. The first kappa shape index (κ1) is 23.2. The Kier molecular flexibility index (Phi) is 6.15. The number of aryl methyl sites for hydroxylation is 2. The molecule has 180 valence electrons. The SMILES string of the molecule is Cc1ccc(C2c3ccsc3CCN2C(=O)CN(C(=O)c2ccc(C)c([N+](=O)[O-])c2)C2CC2)cc1. The van der Waals surface area contributed by atoms with Gasteiger partial charge in [0.15, 0.2) is 0 Å². The minimum absolute atomic E-state index is 0.00821. The Morgan fingerprint density at radius 1 is 1.11 bits per heavy atom. The van der Waals surface area contributed by atoms with Crippen LogP contribution in [0, 0.1) is 24.0 Å². The number of nitro groups is 1. The normalized spacial score (nSPS) is 17.1. The van der Waals surface area contributed by atoms with E-state index in [0.29, 0.717) is 12.1 Å². The van der Waals surface area contributed by atoms with Gasteiger partial charge in [-0.15, -0.1) is 11.3 Å². The second-order valence-corrected chi connectivity index (χ2v) is 10.4. The standard InChI is InChI=1S/C27H27N3O4S/c1-17-3-6-19(7-4-17)26-22-12-14-35-24(22)11-13-28(26)25(31)16-29(21-9-10-21)27(32)20-8-5-18(2)23(15-20)30(33)34/h3-8,12,14-15,21,26H,9-11,13,16H2,1-2H3. The number of carbonyl (C=O) groups excluding carboxylic acids is 2. The molecular weight excluding hydrogens is 462 g/mol. The summed E-state index contributed by atoms with van der Waals surface area (Å²) in [5.41, 5.74) is 4.03. The Hall–Kier alpha value is -3.52. The molecule has 1 aliphatic carbocycles. The van der Waals surface area contributed by atoms with Gasteiger partial charge in [0.1, 0.15) is 6.54 Å². The Bertz CT molecular complexity index is 1300. The maximum Gasteiger partial charge on any atom is 0.273 e. The van der Waals surface area contributed by atoms with Crippen molar-refractivity contribution in [1.29, 1.82) is 0 Å². The molecule has 1 fully saturated rings. The van der Waals surface area contributed by atoms with Gasteiger partial charge in [-0.1, -0.05) is 35.9 Å². The smallest absolute Gasteiger partial charge is 0.273 e. The zero-order chi connectivity index (χ0) is 24.7. The number of carbonyl (C=O) groups is 2. The number of hydrogen-bond donors (Lipinski definition) is 0. The summed E-state index contributed by atoms with van der Waals surface area (Å²) in [5, 5.41) is 13.5. The zero-order valence-corrected chi connectivity index (χ0v) is 20.6. The van der Waals surface area contributed by atoms with Crippen LogP contribution in [0.3, 0.4) is 0 Å². The molecule has 1 atom stereocenters. The first-order chi connectivity index (χ1) is 16.8. The molecule has 0 N–H and O–H groups in total. The molecule has 3 aromatic rings. The van der Waals surface area contributed by atoms with Crippen molar-refractivity contribution in [2.45, 2.75) is 45.2 Å². The molecule has 0 saturated heterocycles. The number of hydrogen-bond acceptors (Lipinski definition) is 5. The predicted octanol–water partition coefficient (Wildman–Crippen LogP) is 5.05. The highest BCUT2D eigenvalue weighted by atomic mass is 32.1. The Balaban J connectivity index is 1.42. The summed E-state index contributed by atoms with van der Waals surface area (Å²) in [6, 6.07) is 14.7. The number of rotatable bonds is 6. The molecular formula is C27H27N3O4S. The van der Waals surface area contributed by atoms with Gasteiger partial charge in [-0.3, -0.25) is 19.7 Å². The van der Waals surface area contributed by atoms with Crippen molar-refractivity contribution in [3.8, 4) is 0 Å². The Labute approximate surface area is 208 Å². The van der Waals surface area contributed by atoms with Gasteiger partial charge in [-0.05, 0) is 61.7 Å². The first-order valence-corrected chi connectivity index (χ1v) is 12.7. The molecule has 2 aliphatic rings. The Morgan fingerprint density at radius 3 is 2.54 bits per heavy atom. The third-order valence-corrected chi connectivity index (χ3v) is 7.88. The molecule has 35 heavy (non-hydrogen) atoms. The van der Waals surface area contributed by atoms with Gasteiger partial charge in [0.2, 0.25) is 5.91 Å². The summed E-state index contributed by atoms with van der Waals surface area (Å²) in [7, 11) is 0. The van der Waals surface area contributed by atoms with Gasteiger partial charge in [0.05, 0.1) is 11.0 Å². The average molecular weight is 490 g/mol. The first-order valence-electron chi connectivity index (χ1n) is 11.8. The fourth-order valence-electron chi connectivity index (χ4n) is 4.79. The van der Waals surface area contributed by atoms with E-state index in [2.05, 4.69) is 35.7 Å². The van der Waals surface area contributed by atoms with Crippen molar-refractivity contribution in [2.75, 3.05) is 13.1 Å². The number of benzene rings is 2. The van der Waals surface area contributed by atoms with Crippen LogP contribution in [-0.2, 0) is 11.2 Å². The van der Waals surface area contributed by atoms with E-state index in [1.165, 1.54) is 10.9 Å². The van der Waals surface area contributed by atoms with Crippen LogP contribution in [0.1, 0.15) is 56.4 Å². The van der Waals surface area contributed by atoms with Crippen molar-refractivity contribution >= 4 is 28.8 Å². The van der Waals surface area contributed by atoms with E-state index >= 15 is 0 Å². The lowest BCUT2D eigenvalue weighted by atomic mass is 9.92. The molecule has 1 aromatic heterocycles. The number of nitro benzene ring substituents is 1. The predicted molar refractivity (Wildman–Crippen MR) is 135 cm³/mol. The molecule has 5 rings (SSSR count). The lowest BCUT2D eigenvalue weighted by molar-refractivity contribution is -0.385. The van der Waals surface area contributed by atoms with Crippen LogP contribution in [0.25, 0.3) is 0 Å². The van der Waals surface area contributed by atoms with E-state index in [1.54, 1.807) is 35.3 Å². The Morgan fingerprint density at radius 2 is 1.86 bits per heavy atom. The molecule has 8 heteroatoms. The van der Waals surface area contributed by atoms with Gasteiger partial charge in [-0.25, -0.2) is 0 Å². The van der Waals surface area contributed by atoms with Crippen LogP contribution in [0.15, 0.2) is 53.9 Å². The van der Waals surface area contributed by atoms with E-state index in [-0.39, 0.29) is 41.7 Å². The van der Waals surface area contributed by atoms with Gasteiger partial charge in [0.25, 0.3) is 11.6 Å². The molecule has 0 spiro atoms. The number of fused-ring (bicyclic) bond motifs is 1. The zero-order valence-electron chi connectivity index (χ0n) is 19.8. The van der Waals surface area contributed by atoms with Gasteiger partial charge >= 0.3 is 0 Å². The van der Waals surface area contributed by atoms with E-state index in [1.807, 2.05) is 11.8 Å². The molecule has 2 amide bonds. The van der Waals surface area contributed by atoms with Crippen molar-refractivity contribution in [2.24, 2.45) is 0 Å². The highest BCUT2D eigenvalue weighted by Gasteiger charge is 2.38. The lowest BCUT2D eigenvalue weighted by Crippen LogP contribution is -2.47. The fourth-order valence-corrected chi connectivity index (χ4v) is 5.69. The lowest BCUT2D eigenvalue weighted by Gasteiger charge is -2.37. The van der Waals surface area contributed by atoms with Gasteiger partial charge < -0.3 is 9.80 Å². The summed E-state index contributed by atoms with van der Waals surface area (Å²) in [6.07, 6.45) is 2.47. The highest BCUT2D eigenvalue weighted by Crippen LogP contribution is 2.38. The van der Waals surface area contributed by atoms with Crippen molar-refractivity contribution in [3.05, 3.63) is 96.7 Å². The molecule has 2 heterocycles. The van der Waals surface area contributed by atoms with Crippen LogP contribution in [0.2, 0.25) is 0 Å². The summed E-state index contributed by atoms with van der Waals surface area (Å²) >= 11 is 1.72. The third-order valence-electron chi connectivity index (χ3n) is 6.89. The molecule has 1 unspecified atom stereocenters. The minimum atomic E-state index is -0.475. The summed E-state index contributed by atoms with van der Waals surface area (Å²) < 4.78 is 0. The third kappa shape index (κ3) is 4.58. The fraction of sp³-hybridized carbons (Fsp3) is 0.333. The maximum absolute atomic E-state index is 13.7. The van der Waals surface area contributed by atoms with E-state index < -0.39 is 4.92 Å². The maximum atomic E-state index is 13.7. The molecule has 1 saturated carbocycles.